The molecule has 0 unspecified atom stereocenters. The Kier molecular flexibility index (Phi) is 4.16. The summed E-state index contributed by atoms with van der Waals surface area (Å²) in [4.78, 5) is 16.6. The molecular weight excluding hydrogens is 318 g/mol. The van der Waals surface area contributed by atoms with E-state index in [2.05, 4.69) is 11.6 Å². The summed E-state index contributed by atoms with van der Waals surface area (Å²) < 4.78 is 29.6. The number of halogens is 2. The zero-order valence-electron chi connectivity index (χ0n) is 12.0. The first-order chi connectivity index (χ1) is 11.1. The summed E-state index contributed by atoms with van der Waals surface area (Å²) >= 11 is 1.20. The zero-order chi connectivity index (χ0) is 16.4. The fourth-order valence-corrected chi connectivity index (χ4v) is 3.30. The van der Waals surface area contributed by atoms with E-state index < -0.39 is 11.7 Å². The van der Waals surface area contributed by atoms with Crippen molar-refractivity contribution >= 4 is 27.5 Å². The summed E-state index contributed by atoms with van der Waals surface area (Å²) in [5.74, 6) is -1.47. The molecule has 2 aromatic carbocycles. The number of hydrogen-bond donors (Lipinski definition) is 0. The summed E-state index contributed by atoms with van der Waals surface area (Å²) in [5, 5.41) is 0. The Hall–Kier alpha value is -2.60. The number of hydrogen-bond acceptors (Lipinski definition) is 2. The molecule has 0 aliphatic rings. The standard InChI is InChI=1S/C17H12F2N2OS/c1-2-9-21-15-13(19)7-4-8-14(15)23-17(21)20-16(22)11-5-3-6-12(18)10-11/h2-8,10H,1,9H2. The molecule has 1 heterocycles. The van der Waals surface area contributed by atoms with Crippen molar-refractivity contribution in [2.75, 3.05) is 0 Å². The highest BCUT2D eigenvalue weighted by Crippen LogP contribution is 2.20. The van der Waals surface area contributed by atoms with Gasteiger partial charge in [-0.05, 0) is 30.3 Å². The maximum Gasteiger partial charge on any atom is 0.279 e. The van der Waals surface area contributed by atoms with Gasteiger partial charge >= 0.3 is 0 Å². The molecule has 23 heavy (non-hydrogen) atoms. The van der Waals surface area contributed by atoms with E-state index in [-0.39, 0.29) is 11.4 Å². The van der Waals surface area contributed by atoms with E-state index in [9.17, 15) is 13.6 Å². The maximum absolute atomic E-state index is 14.1. The lowest BCUT2D eigenvalue weighted by atomic mass is 10.2. The van der Waals surface area contributed by atoms with Crippen LogP contribution in [0.2, 0.25) is 0 Å². The van der Waals surface area contributed by atoms with Crippen molar-refractivity contribution in [3.8, 4) is 0 Å². The Bertz CT molecular complexity index is 972. The van der Waals surface area contributed by atoms with E-state index in [4.69, 9.17) is 0 Å². The molecular formula is C17H12F2N2OS. The lowest BCUT2D eigenvalue weighted by molar-refractivity contribution is 0.0997. The molecule has 0 atom stereocenters. The maximum atomic E-state index is 14.1. The van der Waals surface area contributed by atoms with Gasteiger partial charge in [-0.25, -0.2) is 8.78 Å². The third kappa shape index (κ3) is 2.98. The molecule has 116 valence electrons. The number of carbonyl (C=O) groups is 1. The third-order valence-corrected chi connectivity index (χ3v) is 4.28. The number of aromatic nitrogens is 1. The molecule has 0 aliphatic heterocycles. The fraction of sp³-hybridized carbons (Fsp3) is 0.0588. The van der Waals surface area contributed by atoms with Gasteiger partial charge in [-0.15, -0.1) is 6.58 Å². The first-order valence-electron chi connectivity index (χ1n) is 6.83. The number of thiazole rings is 1. The van der Waals surface area contributed by atoms with E-state index in [1.54, 1.807) is 22.8 Å². The van der Waals surface area contributed by atoms with Crippen molar-refractivity contribution in [1.29, 1.82) is 0 Å². The molecule has 0 radical (unpaired) electrons. The van der Waals surface area contributed by atoms with Gasteiger partial charge in [-0.1, -0.05) is 29.5 Å². The zero-order valence-corrected chi connectivity index (χ0v) is 12.8. The first kappa shape index (κ1) is 15.3. The highest BCUT2D eigenvalue weighted by Gasteiger charge is 2.12. The number of amides is 1. The van der Waals surface area contributed by atoms with Crippen molar-refractivity contribution in [3.05, 3.63) is 77.1 Å². The molecule has 6 heteroatoms. The van der Waals surface area contributed by atoms with Gasteiger partial charge in [0.2, 0.25) is 0 Å². The molecule has 1 amide bonds. The number of benzene rings is 2. The minimum Gasteiger partial charge on any atom is -0.310 e. The molecule has 0 bridgehead atoms. The van der Waals surface area contributed by atoms with Crippen LogP contribution in [0.1, 0.15) is 10.4 Å². The molecule has 0 saturated heterocycles. The molecule has 3 nitrogen and oxygen atoms in total. The van der Waals surface area contributed by atoms with Crippen LogP contribution in [0.4, 0.5) is 8.78 Å². The predicted molar refractivity (Wildman–Crippen MR) is 86.3 cm³/mol. The van der Waals surface area contributed by atoms with Crippen LogP contribution in [0.15, 0.2) is 60.1 Å². The second-order valence-electron chi connectivity index (χ2n) is 4.80. The topological polar surface area (TPSA) is 34.4 Å². The van der Waals surface area contributed by atoms with Crippen LogP contribution in [0.25, 0.3) is 10.2 Å². The Morgan fingerprint density at radius 3 is 2.78 bits per heavy atom. The summed E-state index contributed by atoms with van der Waals surface area (Å²) in [6.07, 6.45) is 1.60. The van der Waals surface area contributed by atoms with E-state index in [1.165, 1.54) is 35.6 Å². The van der Waals surface area contributed by atoms with Gasteiger partial charge in [0, 0.05) is 12.1 Å². The van der Waals surface area contributed by atoms with Gasteiger partial charge in [-0.2, -0.15) is 4.99 Å². The number of carbonyl (C=O) groups excluding carboxylic acids is 1. The van der Waals surface area contributed by atoms with Crippen LogP contribution in [0.5, 0.6) is 0 Å². The Morgan fingerprint density at radius 1 is 1.26 bits per heavy atom. The molecule has 0 aliphatic carbocycles. The monoisotopic (exact) mass is 330 g/mol. The van der Waals surface area contributed by atoms with Crippen molar-refractivity contribution < 1.29 is 13.6 Å². The van der Waals surface area contributed by atoms with Gasteiger partial charge < -0.3 is 4.57 Å². The van der Waals surface area contributed by atoms with Gasteiger partial charge in [0.1, 0.15) is 11.6 Å². The minimum atomic E-state index is -0.575. The Labute approximate surface area is 134 Å². The summed E-state index contributed by atoms with van der Waals surface area (Å²) in [7, 11) is 0. The van der Waals surface area contributed by atoms with Crippen molar-refractivity contribution in [2.24, 2.45) is 4.99 Å². The van der Waals surface area contributed by atoms with Crippen molar-refractivity contribution in [2.45, 2.75) is 6.54 Å². The predicted octanol–water partition coefficient (Wildman–Crippen LogP) is 3.91. The lowest BCUT2D eigenvalue weighted by Crippen LogP contribution is -2.16. The second kappa shape index (κ2) is 6.26. The van der Waals surface area contributed by atoms with Crippen molar-refractivity contribution in [1.82, 2.24) is 4.57 Å². The van der Waals surface area contributed by atoms with Crippen molar-refractivity contribution in [3.63, 3.8) is 0 Å². The Balaban J connectivity index is 2.18. The summed E-state index contributed by atoms with van der Waals surface area (Å²) in [6, 6.07) is 10.0. The molecule has 0 N–H and O–H groups in total. The van der Waals surface area contributed by atoms with Gasteiger partial charge in [-0.3, -0.25) is 4.79 Å². The number of rotatable bonds is 3. The summed E-state index contributed by atoms with van der Waals surface area (Å²) in [5.41, 5.74) is 0.524. The number of allylic oxidation sites excluding steroid dienone is 1. The Morgan fingerprint density at radius 2 is 2.04 bits per heavy atom. The van der Waals surface area contributed by atoms with Crippen LogP contribution >= 0.6 is 11.3 Å². The quantitative estimate of drug-likeness (QED) is 0.671. The molecule has 0 fully saturated rings. The van der Waals surface area contributed by atoms with E-state index >= 15 is 0 Å². The highest BCUT2D eigenvalue weighted by molar-refractivity contribution is 7.16. The molecule has 3 rings (SSSR count). The molecule has 0 saturated carbocycles. The van der Waals surface area contributed by atoms with Crippen LogP contribution in [0, 0.1) is 11.6 Å². The van der Waals surface area contributed by atoms with E-state index in [1.807, 2.05) is 0 Å². The average molecular weight is 330 g/mol. The highest BCUT2D eigenvalue weighted by atomic mass is 32.1. The molecule has 3 aromatic rings. The third-order valence-electron chi connectivity index (χ3n) is 3.23. The second-order valence-corrected chi connectivity index (χ2v) is 5.81. The van der Waals surface area contributed by atoms with Gasteiger partial charge in [0.05, 0.1) is 10.2 Å². The number of fused-ring (bicyclic) bond motifs is 1. The van der Waals surface area contributed by atoms with Crippen LogP contribution in [-0.4, -0.2) is 10.5 Å². The lowest BCUT2D eigenvalue weighted by Gasteiger charge is -2.01. The average Bonchev–Trinajstić information content (AvgIpc) is 2.86. The van der Waals surface area contributed by atoms with Gasteiger partial charge in [0.25, 0.3) is 5.91 Å². The molecule has 1 aromatic heterocycles. The van der Waals surface area contributed by atoms with E-state index in [0.29, 0.717) is 21.6 Å². The van der Waals surface area contributed by atoms with Crippen LogP contribution in [-0.2, 0) is 6.54 Å². The number of para-hydroxylation sites is 1. The summed E-state index contributed by atoms with van der Waals surface area (Å²) in [6.45, 7) is 3.96. The number of nitrogens with zero attached hydrogens (tertiary/aromatic N) is 2. The SMILES string of the molecule is C=CCn1c(=NC(=O)c2cccc(F)c2)sc2cccc(F)c21. The first-order valence-corrected chi connectivity index (χ1v) is 7.65. The fourth-order valence-electron chi connectivity index (χ4n) is 2.24. The smallest absolute Gasteiger partial charge is 0.279 e. The van der Waals surface area contributed by atoms with Crippen LogP contribution in [0.3, 0.4) is 0 Å². The molecule has 0 spiro atoms. The van der Waals surface area contributed by atoms with E-state index in [0.717, 1.165) is 6.07 Å². The largest absolute Gasteiger partial charge is 0.310 e. The van der Waals surface area contributed by atoms with Gasteiger partial charge in [0.15, 0.2) is 4.80 Å². The normalized spacial score (nSPS) is 11.8. The minimum absolute atomic E-state index is 0.146. The van der Waals surface area contributed by atoms with Crippen LogP contribution < -0.4 is 4.80 Å².